The molecule has 2 amide bonds. The van der Waals surface area contributed by atoms with E-state index < -0.39 is 5.97 Å². The Balaban J connectivity index is 1.89. The van der Waals surface area contributed by atoms with E-state index in [4.69, 9.17) is 5.11 Å². The number of benzene rings is 1. The third kappa shape index (κ3) is 3.97. The number of aryl methyl sites for hydroxylation is 1. The van der Waals surface area contributed by atoms with Gasteiger partial charge in [-0.15, -0.1) is 0 Å². The number of rotatable bonds is 3. The molecule has 0 aliphatic carbocycles. The maximum absolute atomic E-state index is 12.2. The highest BCUT2D eigenvalue weighted by Gasteiger charge is 2.27. The van der Waals surface area contributed by atoms with Crippen molar-refractivity contribution in [1.29, 1.82) is 0 Å². The van der Waals surface area contributed by atoms with Gasteiger partial charge in [-0.1, -0.05) is 29.8 Å². The van der Waals surface area contributed by atoms with E-state index in [2.05, 4.69) is 11.4 Å². The molecule has 1 atom stereocenters. The van der Waals surface area contributed by atoms with Crippen molar-refractivity contribution >= 4 is 12.0 Å². The van der Waals surface area contributed by atoms with Crippen LogP contribution in [-0.4, -0.2) is 35.1 Å². The summed E-state index contributed by atoms with van der Waals surface area (Å²) in [5.74, 6) is -1.08. The third-order valence-electron chi connectivity index (χ3n) is 4.01. The highest BCUT2D eigenvalue weighted by atomic mass is 16.4. The Labute approximate surface area is 125 Å². The van der Waals surface area contributed by atoms with Gasteiger partial charge < -0.3 is 15.3 Å². The van der Waals surface area contributed by atoms with Crippen LogP contribution in [0.25, 0.3) is 0 Å². The Morgan fingerprint density at radius 1 is 1.33 bits per heavy atom. The minimum absolute atomic E-state index is 0.0606. The fraction of sp³-hybridized carbons (Fsp3) is 0.500. The van der Waals surface area contributed by atoms with E-state index in [0.29, 0.717) is 25.9 Å². The summed E-state index contributed by atoms with van der Waals surface area (Å²) in [4.78, 5) is 24.8. The van der Waals surface area contributed by atoms with Gasteiger partial charge in [0.05, 0.1) is 12.0 Å². The Morgan fingerprint density at radius 3 is 2.57 bits per heavy atom. The summed E-state index contributed by atoms with van der Waals surface area (Å²) in [5.41, 5.74) is 2.24. The number of piperidine rings is 1. The lowest BCUT2D eigenvalue weighted by Gasteiger charge is -2.31. The Hall–Kier alpha value is -2.04. The van der Waals surface area contributed by atoms with Crippen molar-refractivity contribution in [2.75, 3.05) is 13.1 Å². The van der Waals surface area contributed by atoms with Crippen LogP contribution in [0.4, 0.5) is 4.79 Å². The molecule has 1 aromatic rings. The zero-order valence-electron chi connectivity index (χ0n) is 12.5. The summed E-state index contributed by atoms with van der Waals surface area (Å²) in [6.07, 6.45) is 1.06. The molecule has 1 heterocycles. The van der Waals surface area contributed by atoms with Gasteiger partial charge in [0.1, 0.15) is 0 Å². The highest BCUT2D eigenvalue weighted by Crippen LogP contribution is 2.19. The van der Waals surface area contributed by atoms with E-state index in [9.17, 15) is 9.59 Å². The SMILES string of the molecule is Cc1cccc(C(C)NC(=O)N2CCC(C(=O)O)CC2)c1. The van der Waals surface area contributed by atoms with Crippen LogP contribution in [0.1, 0.15) is 36.9 Å². The molecule has 2 N–H and O–H groups in total. The highest BCUT2D eigenvalue weighted by molar-refractivity contribution is 5.75. The molecule has 1 unspecified atom stereocenters. The van der Waals surface area contributed by atoms with Crippen LogP contribution in [0.2, 0.25) is 0 Å². The predicted molar refractivity (Wildman–Crippen MR) is 80.1 cm³/mol. The summed E-state index contributed by atoms with van der Waals surface area (Å²) in [6.45, 7) is 4.98. The summed E-state index contributed by atoms with van der Waals surface area (Å²) in [5, 5.41) is 11.9. The molecule has 0 aromatic heterocycles. The number of urea groups is 1. The quantitative estimate of drug-likeness (QED) is 0.899. The molecule has 2 rings (SSSR count). The van der Waals surface area contributed by atoms with E-state index in [0.717, 1.165) is 11.1 Å². The zero-order chi connectivity index (χ0) is 15.4. The molecule has 0 spiro atoms. The topological polar surface area (TPSA) is 69.6 Å². The first-order valence-electron chi connectivity index (χ1n) is 7.32. The van der Waals surface area contributed by atoms with Crippen LogP contribution < -0.4 is 5.32 Å². The predicted octanol–water partition coefficient (Wildman–Crippen LogP) is 2.56. The first-order chi connectivity index (χ1) is 9.97. The average Bonchev–Trinajstić information content (AvgIpc) is 2.47. The Bertz CT molecular complexity index is 522. The number of carbonyl (C=O) groups excluding carboxylic acids is 1. The van der Waals surface area contributed by atoms with E-state index in [1.165, 1.54) is 0 Å². The first kappa shape index (κ1) is 15.4. The lowest BCUT2D eigenvalue weighted by Crippen LogP contribution is -2.46. The van der Waals surface area contributed by atoms with Crippen LogP contribution in [-0.2, 0) is 4.79 Å². The number of likely N-dealkylation sites (tertiary alicyclic amines) is 1. The molecule has 5 nitrogen and oxygen atoms in total. The number of amides is 2. The number of carboxylic acid groups (broad SMARTS) is 1. The smallest absolute Gasteiger partial charge is 0.317 e. The van der Waals surface area contributed by atoms with Crippen molar-refractivity contribution < 1.29 is 14.7 Å². The van der Waals surface area contributed by atoms with Crippen molar-refractivity contribution in [2.45, 2.75) is 32.7 Å². The molecule has 1 aromatic carbocycles. The molecular formula is C16H22N2O3. The molecule has 0 saturated carbocycles. The molecular weight excluding hydrogens is 268 g/mol. The number of aliphatic carboxylic acids is 1. The normalized spacial score (nSPS) is 17.3. The minimum Gasteiger partial charge on any atom is -0.481 e. The van der Waals surface area contributed by atoms with Gasteiger partial charge in [-0.2, -0.15) is 0 Å². The second-order valence-electron chi connectivity index (χ2n) is 5.68. The zero-order valence-corrected chi connectivity index (χ0v) is 12.5. The van der Waals surface area contributed by atoms with Crippen LogP contribution >= 0.6 is 0 Å². The summed E-state index contributed by atoms with van der Waals surface area (Å²) in [7, 11) is 0. The van der Waals surface area contributed by atoms with Gasteiger partial charge in [0, 0.05) is 13.1 Å². The van der Waals surface area contributed by atoms with E-state index >= 15 is 0 Å². The third-order valence-corrected chi connectivity index (χ3v) is 4.01. The van der Waals surface area contributed by atoms with Crippen molar-refractivity contribution in [3.8, 4) is 0 Å². The molecule has 1 aliphatic rings. The lowest BCUT2D eigenvalue weighted by atomic mass is 9.97. The molecule has 0 radical (unpaired) electrons. The van der Waals surface area contributed by atoms with Gasteiger partial charge in [-0.3, -0.25) is 4.79 Å². The van der Waals surface area contributed by atoms with Crippen molar-refractivity contribution in [3.63, 3.8) is 0 Å². The summed E-state index contributed by atoms with van der Waals surface area (Å²) < 4.78 is 0. The molecule has 114 valence electrons. The molecule has 1 fully saturated rings. The van der Waals surface area contributed by atoms with Gasteiger partial charge in [0.15, 0.2) is 0 Å². The number of hydrogen-bond acceptors (Lipinski definition) is 2. The summed E-state index contributed by atoms with van der Waals surface area (Å²) in [6, 6.07) is 7.87. The Kier molecular flexibility index (Phi) is 4.83. The second-order valence-corrected chi connectivity index (χ2v) is 5.68. The van der Waals surface area contributed by atoms with Gasteiger partial charge in [-0.25, -0.2) is 4.79 Å². The van der Waals surface area contributed by atoms with Gasteiger partial charge in [0.25, 0.3) is 0 Å². The van der Waals surface area contributed by atoms with Crippen molar-refractivity contribution in [2.24, 2.45) is 5.92 Å². The molecule has 1 saturated heterocycles. The minimum atomic E-state index is -0.761. The molecule has 1 aliphatic heterocycles. The molecule has 0 bridgehead atoms. The number of nitrogens with zero attached hydrogens (tertiary/aromatic N) is 1. The van der Waals surface area contributed by atoms with Crippen molar-refractivity contribution in [1.82, 2.24) is 10.2 Å². The largest absolute Gasteiger partial charge is 0.481 e. The van der Waals surface area contributed by atoms with Gasteiger partial charge >= 0.3 is 12.0 Å². The first-order valence-corrected chi connectivity index (χ1v) is 7.32. The fourth-order valence-corrected chi connectivity index (χ4v) is 2.63. The van der Waals surface area contributed by atoms with Crippen LogP contribution in [0.5, 0.6) is 0 Å². The second kappa shape index (κ2) is 6.61. The number of nitrogens with one attached hydrogen (secondary N) is 1. The van der Waals surface area contributed by atoms with E-state index in [1.807, 2.05) is 32.0 Å². The van der Waals surface area contributed by atoms with Gasteiger partial charge in [-0.05, 0) is 32.3 Å². The van der Waals surface area contributed by atoms with Gasteiger partial charge in [0.2, 0.25) is 0 Å². The number of carbonyl (C=O) groups is 2. The maximum atomic E-state index is 12.2. The number of hydrogen-bond donors (Lipinski definition) is 2. The van der Waals surface area contributed by atoms with E-state index in [-0.39, 0.29) is 18.0 Å². The fourth-order valence-electron chi connectivity index (χ4n) is 2.63. The van der Waals surface area contributed by atoms with Crippen LogP contribution in [0, 0.1) is 12.8 Å². The van der Waals surface area contributed by atoms with Crippen molar-refractivity contribution in [3.05, 3.63) is 35.4 Å². The monoisotopic (exact) mass is 290 g/mol. The average molecular weight is 290 g/mol. The molecule has 21 heavy (non-hydrogen) atoms. The van der Waals surface area contributed by atoms with Crippen LogP contribution in [0.15, 0.2) is 24.3 Å². The number of carboxylic acids is 1. The Morgan fingerprint density at radius 2 is 2.00 bits per heavy atom. The lowest BCUT2D eigenvalue weighted by molar-refractivity contribution is -0.143. The van der Waals surface area contributed by atoms with E-state index in [1.54, 1.807) is 4.90 Å². The standard InChI is InChI=1S/C16H22N2O3/c1-11-4-3-5-14(10-11)12(2)17-16(21)18-8-6-13(7-9-18)15(19)20/h3-5,10,12-13H,6-9H2,1-2H3,(H,17,21)(H,19,20). The van der Waals surface area contributed by atoms with Crippen LogP contribution in [0.3, 0.4) is 0 Å². The maximum Gasteiger partial charge on any atom is 0.317 e. The molecule has 5 heteroatoms. The summed E-state index contributed by atoms with van der Waals surface area (Å²) >= 11 is 0.